The standard InChI is InChI=1S/C19H20N4O3S/c1-3-26-16-9-8-13(10-17(16)25-2)11-20-23-18(24)12-27-19-21-14-6-4-5-7-15(14)22-19/h4-11H,3,12H2,1-2H3,(H,21,22)(H,23,24). The topological polar surface area (TPSA) is 88.6 Å². The third-order valence-corrected chi connectivity index (χ3v) is 4.47. The zero-order chi connectivity index (χ0) is 19.1. The number of H-pyrrole nitrogens is 1. The van der Waals surface area contributed by atoms with Gasteiger partial charge in [0.1, 0.15) is 0 Å². The highest BCUT2D eigenvalue weighted by Gasteiger charge is 2.07. The zero-order valence-corrected chi connectivity index (χ0v) is 15.9. The number of benzene rings is 2. The Labute approximate surface area is 161 Å². The molecular formula is C19H20N4O3S. The van der Waals surface area contributed by atoms with Gasteiger partial charge in [0.25, 0.3) is 5.91 Å². The molecular weight excluding hydrogens is 364 g/mol. The fourth-order valence-corrected chi connectivity index (χ4v) is 3.06. The van der Waals surface area contributed by atoms with E-state index in [1.54, 1.807) is 19.4 Å². The summed E-state index contributed by atoms with van der Waals surface area (Å²) in [6.45, 7) is 2.47. The molecule has 0 unspecified atom stereocenters. The summed E-state index contributed by atoms with van der Waals surface area (Å²) in [6, 6.07) is 13.2. The number of imidazole rings is 1. The molecule has 3 aromatic rings. The third-order valence-electron chi connectivity index (χ3n) is 3.60. The molecule has 1 heterocycles. The maximum Gasteiger partial charge on any atom is 0.250 e. The van der Waals surface area contributed by atoms with E-state index in [0.717, 1.165) is 16.6 Å². The van der Waals surface area contributed by atoms with Gasteiger partial charge in [-0.15, -0.1) is 0 Å². The fraction of sp³-hybridized carbons (Fsp3) is 0.211. The number of carbonyl (C=O) groups is 1. The largest absolute Gasteiger partial charge is 0.493 e. The number of methoxy groups -OCH3 is 1. The average molecular weight is 384 g/mol. The van der Waals surface area contributed by atoms with Crippen LogP contribution in [-0.2, 0) is 4.79 Å². The van der Waals surface area contributed by atoms with Gasteiger partial charge in [0.05, 0.1) is 36.7 Å². The van der Waals surface area contributed by atoms with E-state index in [4.69, 9.17) is 9.47 Å². The predicted molar refractivity (Wildman–Crippen MR) is 107 cm³/mol. The van der Waals surface area contributed by atoms with Gasteiger partial charge in [-0.3, -0.25) is 4.79 Å². The molecule has 3 rings (SSSR count). The Hall–Kier alpha value is -3.00. The summed E-state index contributed by atoms with van der Waals surface area (Å²) in [7, 11) is 1.58. The first kappa shape index (κ1) is 18.8. The molecule has 2 N–H and O–H groups in total. The van der Waals surface area contributed by atoms with Crippen LogP contribution in [-0.4, -0.2) is 41.6 Å². The van der Waals surface area contributed by atoms with Crippen LogP contribution in [0, 0.1) is 0 Å². The minimum atomic E-state index is -0.213. The Balaban J connectivity index is 1.52. The molecule has 0 saturated carbocycles. The second-order valence-corrected chi connectivity index (χ2v) is 6.45. The summed E-state index contributed by atoms with van der Waals surface area (Å²) >= 11 is 1.32. The Morgan fingerprint density at radius 1 is 1.30 bits per heavy atom. The summed E-state index contributed by atoms with van der Waals surface area (Å²) in [5, 5.41) is 4.68. The van der Waals surface area contributed by atoms with Crippen molar-refractivity contribution in [3.8, 4) is 11.5 Å². The minimum absolute atomic E-state index is 0.212. The number of hydrazone groups is 1. The van der Waals surface area contributed by atoms with Crippen LogP contribution < -0.4 is 14.9 Å². The van der Waals surface area contributed by atoms with Crippen LogP contribution in [0.15, 0.2) is 52.7 Å². The van der Waals surface area contributed by atoms with Crippen molar-refractivity contribution < 1.29 is 14.3 Å². The van der Waals surface area contributed by atoms with Crippen molar-refractivity contribution in [3.05, 3.63) is 48.0 Å². The molecule has 1 aromatic heterocycles. The normalized spacial score (nSPS) is 11.0. The number of aromatic nitrogens is 2. The molecule has 0 atom stereocenters. The number of para-hydroxylation sites is 2. The highest BCUT2D eigenvalue weighted by Crippen LogP contribution is 2.27. The lowest BCUT2D eigenvalue weighted by atomic mass is 10.2. The molecule has 7 nitrogen and oxygen atoms in total. The van der Waals surface area contributed by atoms with Gasteiger partial charge in [-0.25, -0.2) is 10.4 Å². The van der Waals surface area contributed by atoms with E-state index in [1.807, 2.05) is 43.3 Å². The molecule has 0 aliphatic heterocycles. The molecule has 140 valence electrons. The monoisotopic (exact) mass is 384 g/mol. The lowest BCUT2D eigenvalue weighted by Gasteiger charge is -2.09. The van der Waals surface area contributed by atoms with Crippen LogP contribution in [0.3, 0.4) is 0 Å². The summed E-state index contributed by atoms with van der Waals surface area (Å²) in [5.41, 5.74) is 5.13. The van der Waals surface area contributed by atoms with E-state index in [0.29, 0.717) is 23.3 Å². The van der Waals surface area contributed by atoms with Gasteiger partial charge >= 0.3 is 0 Å². The number of aromatic amines is 1. The molecule has 1 amide bonds. The van der Waals surface area contributed by atoms with Crippen molar-refractivity contribution in [1.82, 2.24) is 15.4 Å². The lowest BCUT2D eigenvalue weighted by Crippen LogP contribution is -2.19. The zero-order valence-electron chi connectivity index (χ0n) is 15.1. The van der Waals surface area contributed by atoms with Crippen LogP contribution in [0.1, 0.15) is 12.5 Å². The van der Waals surface area contributed by atoms with Gasteiger partial charge < -0.3 is 14.5 Å². The van der Waals surface area contributed by atoms with Crippen molar-refractivity contribution in [1.29, 1.82) is 0 Å². The van der Waals surface area contributed by atoms with E-state index in [9.17, 15) is 4.79 Å². The molecule has 27 heavy (non-hydrogen) atoms. The van der Waals surface area contributed by atoms with Gasteiger partial charge in [-0.05, 0) is 42.8 Å². The first-order chi connectivity index (χ1) is 13.2. The van der Waals surface area contributed by atoms with E-state index in [-0.39, 0.29) is 11.7 Å². The number of rotatable bonds is 8. The highest BCUT2D eigenvalue weighted by atomic mass is 32.2. The summed E-state index contributed by atoms with van der Waals surface area (Å²) in [6.07, 6.45) is 1.56. The van der Waals surface area contributed by atoms with Crippen LogP contribution in [0.2, 0.25) is 0 Å². The van der Waals surface area contributed by atoms with Crippen molar-refractivity contribution in [2.75, 3.05) is 19.5 Å². The second kappa shape index (κ2) is 9.09. The van der Waals surface area contributed by atoms with Crippen LogP contribution in [0.5, 0.6) is 11.5 Å². The summed E-state index contributed by atoms with van der Waals surface area (Å²) < 4.78 is 10.8. The Kier molecular flexibility index (Phi) is 6.32. The molecule has 8 heteroatoms. The van der Waals surface area contributed by atoms with Crippen LogP contribution in [0.25, 0.3) is 11.0 Å². The molecule has 0 radical (unpaired) electrons. The Bertz CT molecular complexity index is 922. The number of carbonyl (C=O) groups excluding carboxylic acids is 1. The fourth-order valence-electron chi connectivity index (χ4n) is 2.38. The summed E-state index contributed by atoms with van der Waals surface area (Å²) in [5.74, 6) is 1.29. The molecule has 0 aliphatic carbocycles. The van der Waals surface area contributed by atoms with Crippen molar-refractivity contribution in [2.24, 2.45) is 5.10 Å². The van der Waals surface area contributed by atoms with Crippen molar-refractivity contribution >= 4 is 34.9 Å². The first-order valence-corrected chi connectivity index (χ1v) is 9.38. The molecule has 0 saturated heterocycles. The van der Waals surface area contributed by atoms with E-state index >= 15 is 0 Å². The average Bonchev–Trinajstić information content (AvgIpc) is 3.10. The highest BCUT2D eigenvalue weighted by molar-refractivity contribution is 7.99. The number of ether oxygens (including phenoxy) is 2. The quantitative estimate of drug-likeness (QED) is 0.354. The first-order valence-electron chi connectivity index (χ1n) is 8.40. The third kappa shape index (κ3) is 5.01. The van der Waals surface area contributed by atoms with Crippen molar-refractivity contribution in [2.45, 2.75) is 12.1 Å². The molecule has 0 spiro atoms. The van der Waals surface area contributed by atoms with Gasteiger partial charge in [-0.2, -0.15) is 5.10 Å². The van der Waals surface area contributed by atoms with E-state index in [1.165, 1.54) is 11.8 Å². The number of amides is 1. The number of hydrogen-bond acceptors (Lipinski definition) is 6. The maximum absolute atomic E-state index is 12.0. The van der Waals surface area contributed by atoms with E-state index < -0.39 is 0 Å². The predicted octanol–water partition coefficient (Wildman–Crippen LogP) is 3.21. The number of fused-ring (bicyclic) bond motifs is 1. The second-order valence-electron chi connectivity index (χ2n) is 5.48. The molecule has 0 bridgehead atoms. The van der Waals surface area contributed by atoms with Gasteiger partial charge in [0.15, 0.2) is 16.7 Å². The van der Waals surface area contributed by atoms with Gasteiger partial charge in [-0.1, -0.05) is 23.9 Å². The molecule has 2 aromatic carbocycles. The molecule has 0 fully saturated rings. The smallest absolute Gasteiger partial charge is 0.250 e. The Morgan fingerprint density at radius 3 is 2.93 bits per heavy atom. The summed E-state index contributed by atoms with van der Waals surface area (Å²) in [4.78, 5) is 19.5. The van der Waals surface area contributed by atoms with Crippen molar-refractivity contribution in [3.63, 3.8) is 0 Å². The number of nitrogens with one attached hydrogen (secondary N) is 2. The van der Waals surface area contributed by atoms with Crippen LogP contribution in [0.4, 0.5) is 0 Å². The number of nitrogens with zero attached hydrogens (tertiary/aromatic N) is 2. The number of hydrogen-bond donors (Lipinski definition) is 2. The number of thioether (sulfide) groups is 1. The minimum Gasteiger partial charge on any atom is -0.493 e. The molecule has 0 aliphatic rings. The van der Waals surface area contributed by atoms with E-state index in [2.05, 4.69) is 20.5 Å². The SMILES string of the molecule is CCOc1ccc(C=NNC(=O)CSc2nc3ccccc3[nH]2)cc1OC. The van der Waals surface area contributed by atoms with Gasteiger partial charge in [0.2, 0.25) is 0 Å². The maximum atomic E-state index is 12.0. The lowest BCUT2D eigenvalue weighted by molar-refractivity contribution is -0.118. The van der Waals surface area contributed by atoms with Crippen LogP contribution >= 0.6 is 11.8 Å². The van der Waals surface area contributed by atoms with Gasteiger partial charge in [0, 0.05) is 0 Å². The Morgan fingerprint density at radius 2 is 2.15 bits per heavy atom.